The first-order chi connectivity index (χ1) is 16.2. The highest BCUT2D eigenvalue weighted by Crippen LogP contribution is 2.34. The van der Waals surface area contributed by atoms with E-state index in [2.05, 4.69) is 48.6 Å². The first kappa shape index (κ1) is 21.0. The number of hydrogen-bond acceptors (Lipinski definition) is 3. The van der Waals surface area contributed by atoms with Gasteiger partial charge in [0, 0.05) is 10.4 Å². The van der Waals surface area contributed by atoms with E-state index in [4.69, 9.17) is 4.74 Å². The number of nitrogens with one attached hydrogen (secondary N) is 1. The smallest absolute Gasteiger partial charge is 0.266 e. The molecule has 3 nitrogen and oxygen atoms in total. The summed E-state index contributed by atoms with van der Waals surface area (Å²) in [6, 6.07) is 33.8. The van der Waals surface area contributed by atoms with Crippen LogP contribution in [0.5, 0.6) is 11.5 Å². The fourth-order valence-electron chi connectivity index (χ4n) is 3.79. The van der Waals surface area contributed by atoms with Crippen molar-refractivity contribution in [1.29, 1.82) is 0 Å². The largest absolute Gasteiger partial charge is 0.457 e. The van der Waals surface area contributed by atoms with Crippen LogP contribution in [-0.2, 0) is 6.42 Å². The number of amides is 1. The van der Waals surface area contributed by atoms with E-state index in [0.29, 0.717) is 0 Å². The van der Waals surface area contributed by atoms with Gasteiger partial charge in [-0.15, -0.1) is 11.3 Å². The van der Waals surface area contributed by atoms with E-state index >= 15 is 0 Å². The van der Waals surface area contributed by atoms with Crippen molar-refractivity contribution in [2.24, 2.45) is 0 Å². The lowest BCUT2D eigenvalue weighted by molar-refractivity contribution is 0.103. The van der Waals surface area contributed by atoms with E-state index in [0.717, 1.165) is 44.1 Å². The molecule has 5 aromatic rings. The number of para-hydroxylation sites is 1. The summed E-state index contributed by atoms with van der Waals surface area (Å²) in [4.78, 5) is 14.0. The Balaban J connectivity index is 1.38. The van der Waals surface area contributed by atoms with Crippen molar-refractivity contribution < 1.29 is 9.53 Å². The average molecular weight is 450 g/mol. The molecule has 1 heterocycles. The molecule has 5 rings (SSSR count). The third kappa shape index (κ3) is 4.81. The molecule has 4 heteroatoms. The van der Waals surface area contributed by atoms with Gasteiger partial charge in [0.1, 0.15) is 11.5 Å². The number of carbonyl (C=O) groups is 1. The molecule has 0 unspecified atom stereocenters. The van der Waals surface area contributed by atoms with Gasteiger partial charge in [0.05, 0.1) is 4.88 Å². The topological polar surface area (TPSA) is 38.3 Å². The van der Waals surface area contributed by atoms with Crippen LogP contribution < -0.4 is 10.1 Å². The second-order valence-corrected chi connectivity index (χ2v) is 9.01. The van der Waals surface area contributed by atoms with Gasteiger partial charge < -0.3 is 10.1 Å². The van der Waals surface area contributed by atoms with Crippen molar-refractivity contribution in [3.8, 4) is 11.5 Å². The van der Waals surface area contributed by atoms with E-state index < -0.39 is 0 Å². The quantitative estimate of drug-likeness (QED) is 0.287. The molecule has 0 bridgehead atoms. The van der Waals surface area contributed by atoms with Gasteiger partial charge in [0.2, 0.25) is 0 Å². The first-order valence-corrected chi connectivity index (χ1v) is 11.7. The van der Waals surface area contributed by atoms with Crippen LogP contribution in [0.4, 0.5) is 5.69 Å². The van der Waals surface area contributed by atoms with Crippen molar-refractivity contribution in [1.82, 2.24) is 0 Å². The highest BCUT2D eigenvalue weighted by atomic mass is 32.1. The minimum atomic E-state index is -0.0879. The lowest BCUT2D eigenvalue weighted by Crippen LogP contribution is -2.12. The lowest BCUT2D eigenvalue weighted by atomic mass is 10.0. The van der Waals surface area contributed by atoms with Crippen molar-refractivity contribution in [2.75, 3.05) is 5.32 Å². The normalized spacial score (nSPS) is 10.8. The average Bonchev–Trinajstić information content (AvgIpc) is 3.21. The Morgan fingerprint density at radius 1 is 0.788 bits per heavy atom. The number of rotatable bonds is 6. The highest BCUT2D eigenvalue weighted by Gasteiger charge is 2.19. The number of hydrogen-bond donors (Lipinski definition) is 1. The van der Waals surface area contributed by atoms with Crippen LogP contribution in [0.2, 0.25) is 0 Å². The van der Waals surface area contributed by atoms with Gasteiger partial charge in [-0.3, -0.25) is 4.79 Å². The fourth-order valence-corrected chi connectivity index (χ4v) is 4.90. The summed E-state index contributed by atoms with van der Waals surface area (Å²) in [5, 5.41) is 4.20. The van der Waals surface area contributed by atoms with Gasteiger partial charge in [-0.25, -0.2) is 0 Å². The number of aryl methyl sites for hydroxylation is 1. The van der Waals surface area contributed by atoms with Crippen molar-refractivity contribution in [2.45, 2.75) is 13.3 Å². The van der Waals surface area contributed by atoms with E-state index in [-0.39, 0.29) is 5.91 Å². The third-order valence-corrected chi connectivity index (χ3v) is 6.71. The highest BCUT2D eigenvalue weighted by molar-refractivity contribution is 7.21. The van der Waals surface area contributed by atoms with Crippen LogP contribution in [0.15, 0.2) is 103 Å². The molecule has 0 atom stereocenters. The van der Waals surface area contributed by atoms with Crippen LogP contribution >= 0.6 is 11.3 Å². The Labute approximate surface area is 197 Å². The number of anilines is 1. The van der Waals surface area contributed by atoms with Crippen molar-refractivity contribution in [3.05, 3.63) is 125 Å². The van der Waals surface area contributed by atoms with Gasteiger partial charge in [0.25, 0.3) is 5.91 Å². The zero-order valence-corrected chi connectivity index (χ0v) is 19.1. The molecule has 0 saturated heterocycles. The monoisotopic (exact) mass is 449 g/mol. The Hall–Kier alpha value is -3.89. The standard InChI is InChI=1S/C29H23NO2S/c1-20-11-13-21(14-12-20)19-26-25-9-5-6-10-27(25)33-28(26)29(31)30-22-15-17-24(18-16-22)32-23-7-3-2-4-8-23/h2-18H,19H2,1H3,(H,30,31). The maximum absolute atomic E-state index is 13.3. The predicted molar refractivity (Wildman–Crippen MR) is 137 cm³/mol. The SMILES string of the molecule is Cc1ccc(Cc2c(C(=O)Nc3ccc(Oc4ccccc4)cc3)sc3ccccc23)cc1. The summed E-state index contributed by atoms with van der Waals surface area (Å²) in [5.41, 5.74) is 4.23. The molecule has 0 aliphatic heterocycles. The number of ether oxygens (including phenoxy) is 1. The Bertz CT molecular complexity index is 1390. The molecule has 162 valence electrons. The molecule has 1 aromatic heterocycles. The van der Waals surface area contributed by atoms with E-state index in [1.165, 1.54) is 11.1 Å². The predicted octanol–water partition coefficient (Wildman–Crippen LogP) is 7.85. The Kier molecular flexibility index (Phi) is 5.92. The summed E-state index contributed by atoms with van der Waals surface area (Å²) < 4.78 is 6.97. The number of carbonyl (C=O) groups excluding carboxylic acids is 1. The summed E-state index contributed by atoms with van der Waals surface area (Å²) in [5.74, 6) is 1.41. The molecule has 0 aliphatic rings. The van der Waals surface area contributed by atoms with Crippen LogP contribution in [-0.4, -0.2) is 5.91 Å². The second kappa shape index (κ2) is 9.31. The lowest BCUT2D eigenvalue weighted by Gasteiger charge is -2.09. The van der Waals surface area contributed by atoms with Gasteiger partial charge in [0.15, 0.2) is 0 Å². The van der Waals surface area contributed by atoms with E-state index in [1.54, 1.807) is 11.3 Å². The molecule has 4 aromatic carbocycles. The molecule has 0 saturated carbocycles. The van der Waals surface area contributed by atoms with Crippen LogP contribution in [0.25, 0.3) is 10.1 Å². The molecule has 0 fully saturated rings. The molecule has 33 heavy (non-hydrogen) atoms. The Morgan fingerprint density at radius 2 is 1.45 bits per heavy atom. The van der Waals surface area contributed by atoms with Gasteiger partial charge in [-0.05, 0) is 72.3 Å². The summed E-state index contributed by atoms with van der Waals surface area (Å²) in [6.07, 6.45) is 0.719. The Morgan fingerprint density at radius 3 is 2.21 bits per heavy atom. The van der Waals surface area contributed by atoms with Gasteiger partial charge >= 0.3 is 0 Å². The minimum Gasteiger partial charge on any atom is -0.457 e. The van der Waals surface area contributed by atoms with Crippen molar-refractivity contribution >= 4 is 33.0 Å². The zero-order chi connectivity index (χ0) is 22.6. The fraction of sp³-hybridized carbons (Fsp3) is 0.0690. The molecule has 0 spiro atoms. The molecule has 1 amide bonds. The third-order valence-electron chi connectivity index (χ3n) is 5.50. The number of fused-ring (bicyclic) bond motifs is 1. The number of thiophene rings is 1. The van der Waals surface area contributed by atoms with Gasteiger partial charge in [-0.2, -0.15) is 0 Å². The molecule has 0 aliphatic carbocycles. The van der Waals surface area contributed by atoms with Gasteiger partial charge in [-0.1, -0.05) is 66.2 Å². The second-order valence-electron chi connectivity index (χ2n) is 7.96. The summed E-state index contributed by atoms with van der Waals surface area (Å²) in [7, 11) is 0. The maximum Gasteiger partial charge on any atom is 0.266 e. The zero-order valence-electron chi connectivity index (χ0n) is 18.2. The van der Waals surface area contributed by atoms with Crippen LogP contribution in [0, 0.1) is 6.92 Å². The van der Waals surface area contributed by atoms with Crippen LogP contribution in [0.1, 0.15) is 26.4 Å². The molecular formula is C29H23NO2S. The molecule has 1 N–H and O–H groups in total. The first-order valence-electron chi connectivity index (χ1n) is 10.9. The molecular weight excluding hydrogens is 426 g/mol. The van der Waals surface area contributed by atoms with E-state index in [1.807, 2.05) is 66.7 Å². The van der Waals surface area contributed by atoms with Crippen molar-refractivity contribution in [3.63, 3.8) is 0 Å². The minimum absolute atomic E-state index is 0.0879. The summed E-state index contributed by atoms with van der Waals surface area (Å²) in [6.45, 7) is 2.08. The molecule has 0 radical (unpaired) electrons. The summed E-state index contributed by atoms with van der Waals surface area (Å²) >= 11 is 1.54. The van der Waals surface area contributed by atoms with E-state index in [9.17, 15) is 4.79 Å². The maximum atomic E-state index is 13.3. The van der Waals surface area contributed by atoms with Crippen LogP contribution in [0.3, 0.4) is 0 Å². The number of benzene rings is 4.